The van der Waals surface area contributed by atoms with Gasteiger partial charge in [-0.25, -0.2) is 0 Å². The Bertz CT molecular complexity index is 60.2. The van der Waals surface area contributed by atoms with E-state index in [4.69, 9.17) is 11.5 Å². The topological polar surface area (TPSA) is 64.1 Å². The van der Waals surface area contributed by atoms with E-state index >= 15 is 0 Å². The Morgan fingerprint density at radius 3 is 2.67 bits per heavy atom. The van der Waals surface area contributed by atoms with Gasteiger partial charge in [-0.15, -0.1) is 0 Å². The van der Waals surface area contributed by atoms with Crippen molar-refractivity contribution < 1.29 is 0 Å². The van der Waals surface area contributed by atoms with Crippen LogP contribution in [0.15, 0.2) is 0 Å². The van der Waals surface area contributed by atoms with Crippen LogP contribution in [0.1, 0.15) is 0 Å². The molecule has 0 fully saturated rings. The van der Waals surface area contributed by atoms with Crippen LogP contribution in [0.3, 0.4) is 0 Å². The molecule has 0 heterocycles. The van der Waals surface area contributed by atoms with E-state index in [1.165, 1.54) is 0 Å². The van der Waals surface area contributed by atoms with Gasteiger partial charge in [0.25, 0.3) is 0 Å². The molecule has 9 heavy (non-hydrogen) atoms. The Morgan fingerprint density at radius 2 is 2.22 bits per heavy atom. The molecule has 0 aromatic heterocycles. The molecule has 1 atom stereocenters. The van der Waals surface area contributed by atoms with E-state index in [0.29, 0.717) is 6.54 Å². The number of rotatable bonds is 5. The second kappa shape index (κ2) is 6.35. The minimum Gasteiger partial charge on any atom is -0.329 e. The third kappa shape index (κ3) is 6.11. The highest BCUT2D eigenvalue weighted by Gasteiger charge is 1.95. The average molecular weight is 149 g/mol. The van der Waals surface area contributed by atoms with Gasteiger partial charge < -0.3 is 16.8 Å². The van der Waals surface area contributed by atoms with Gasteiger partial charge in [-0.3, -0.25) is 0 Å². The lowest BCUT2D eigenvalue weighted by Gasteiger charge is -2.07. The summed E-state index contributed by atoms with van der Waals surface area (Å²) in [6.07, 6.45) is 0. The van der Waals surface area contributed by atoms with Crippen LogP contribution >= 0.6 is 12.6 Å². The van der Waals surface area contributed by atoms with Gasteiger partial charge in [0, 0.05) is 31.4 Å². The quantitative estimate of drug-likeness (QED) is 0.293. The highest BCUT2D eigenvalue weighted by atomic mass is 32.1. The van der Waals surface area contributed by atoms with Gasteiger partial charge in [0.15, 0.2) is 0 Å². The van der Waals surface area contributed by atoms with Crippen LogP contribution in [0.2, 0.25) is 0 Å². The van der Waals surface area contributed by atoms with Crippen LogP contribution in [0.4, 0.5) is 0 Å². The molecule has 56 valence electrons. The normalized spacial score (nSPS) is 13.7. The van der Waals surface area contributed by atoms with Crippen molar-refractivity contribution in [2.45, 2.75) is 6.04 Å². The van der Waals surface area contributed by atoms with Crippen LogP contribution in [0.25, 0.3) is 0 Å². The summed E-state index contributed by atoms with van der Waals surface area (Å²) >= 11 is 4.02. The molecule has 0 amide bonds. The third-order valence-electron chi connectivity index (χ3n) is 0.962. The predicted molar refractivity (Wildman–Crippen MR) is 43.8 cm³/mol. The fourth-order valence-corrected chi connectivity index (χ4v) is 0.583. The highest BCUT2D eigenvalue weighted by Crippen LogP contribution is 1.78. The van der Waals surface area contributed by atoms with Crippen LogP contribution in [0, 0.1) is 0 Å². The summed E-state index contributed by atoms with van der Waals surface area (Å²) < 4.78 is 0. The van der Waals surface area contributed by atoms with Crippen LogP contribution in [-0.2, 0) is 0 Å². The van der Waals surface area contributed by atoms with Gasteiger partial charge in [0.05, 0.1) is 0 Å². The maximum Gasteiger partial charge on any atom is 0.0254 e. The van der Waals surface area contributed by atoms with Crippen molar-refractivity contribution in [2.75, 3.05) is 25.4 Å². The number of hydrogen-bond acceptors (Lipinski definition) is 4. The Morgan fingerprint density at radius 1 is 1.56 bits per heavy atom. The third-order valence-corrected chi connectivity index (χ3v) is 1.43. The maximum absolute atomic E-state index is 5.53. The summed E-state index contributed by atoms with van der Waals surface area (Å²) in [6.45, 7) is 2.31. The first-order valence-electron chi connectivity index (χ1n) is 3.08. The molecule has 0 bridgehead atoms. The second-order valence-electron chi connectivity index (χ2n) is 1.94. The summed E-state index contributed by atoms with van der Waals surface area (Å²) in [7, 11) is 0. The van der Waals surface area contributed by atoms with Gasteiger partial charge in [0.1, 0.15) is 0 Å². The number of nitrogens with two attached hydrogens (primary N) is 2. The largest absolute Gasteiger partial charge is 0.329 e. The van der Waals surface area contributed by atoms with Crippen molar-refractivity contribution in [1.29, 1.82) is 0 Å². The number of hydrogen-bond donors (Lipinski definition) is 4. The number of thiol groups is 1. The van der Waals surface area contributed by atoms with Gasteiger partial charge in [0.2, 0.25) is 0 Å². The fourth-order valence-electron chi connectivity index (χ4n) is 0.454. The molecule has 4 heteroatoms. The minimum absolute atomic E-state index is 0.153. The van der Waals surface area contributed by atoms with Crippen molar-refractivity contribution in [2.24, 2.45) is 11.5 Å². The molecule has 0 unspecified atom stereocenters. The van der Waals surface area contributed by atoms with E-state index in [1.807, 2.05) is 0 Å². The molecule has 0 saturated carbocycles. The van der Waals surface area contributed by atoms with Gasteiger partial charge in [-0.1, -0.05) is 0 Å². The SMILES string of the molecule is NCCNC[C@@H](N)CS. The first kappa shape index (κ1) is 9.23. The zero-order valence-electron chi connectivity index (χ0n) is 5.51. The Hall–Kier alpha value is 0.230. The van der Waals surface area contributed by atoms with E-state index in [9.17, 15) is 0 Å². The van der Waals surface area contributed by atoms with E-state index in [1.54, 1.807) is 0 Å². The monoisotopic (exact) mass is 149 g/mol. The van der Waals surface area contributed by atoms with Crippen molar-refractivity contribution in [3.05, 3.63) is 0 Å². The highest BCUT2D eigenvalue weighted by molar-refractivity contribution is 7.80. The minimum atomic E-state index is 0.153. The first-order valence-corrected chi connectivity index (χ1v) is 3.71. The molecule has 0 aliphatic carbocycles. The molecule has 5 N–H and O–H groups in total. The maximum atomic E-state index is 5.53. The zero-order valence-corrected chi connectivity index (χ0v) is 6.40. The van der Waals surface area contributed by atoms with Crippen LogP contribution < -0.4 is 16.8 Å². The summed E-state index contributed by atoms with van der Waals surface area (Å²) in [4.78, 5) is 0. The smallest absolute Gasteiger partial charge is 0.0254 e. The summed E-state index contributed by atoms with van der Waals surface area (Å²) in [5.74, 6) is 0.720. The number of nitrogens with one attached hydrogen (secondary N) is 1. The molecule has 3 nitrogen and oxygen atoms in total. The molecule has 0 radical (unpaired) electrons. The van der Waals surface area contributed by atoms with E-state index in [0.717, 1.165) is 18.8 Å². The Labute approximate surface area is 61.6 Å². The summed E-state index contributed by atoms with van der Waals surface area (Å²) in [6, 6.07) is 0.153. The van der Waals surface area contributed by atoms with E-state index in [2.05, 4.69) is 17.9 Å². The van der Waals surface area contributed by atoms with Crippen molar-refractivity contribution in [3.63, 3.8) is 0 Å². The fraction of sp³-hybridized carbons (Fsp3) is 1.00. The van der Waals surface area contributed by atoms with Gasteiger partial charge in [-0.2, -0.15) is 12.6 Å². The molecule has 0 aromatic carbocycles. The van der Waals surface area contributed by atoms with E-state index in [-0.39, 0.29) is 6.04 Å². The van der Waals surface area contributed by atoms with Crippen molar-refractivity contribution in [1.82, 2.24) is 5.32 Å². The van der Waals surface area contributed by atoms with E-state index < -0.39 is 0 Å². The molecule has 0 aliphatic rings. The Kier molecular flexibility index (Phi) is 6.51. The molecule has 0 aliphatic heterocycles. The first-order chi connectivity index (χ1) is 4.31. The average Bonchev–Trinajstić information content (AvgIpc) is 1.89. The molecular weight excluding hydrogens is 134 g/mol. The lowest BCUT2D eigenvalue weighted by atomic mass is 10.3. The summed E-state index contributed by atoms with van der Waals surface area (Å²) in [5, 5.41) is 3.09. The van der Waals surface area contributed by atoms with Crippen LogP contribution in [-0.4, -0.2) is 31.4 Å². The van der Waals surface area contributed by atoms with Crippen molar-refractivity contribution >= 4 is 12.6 Å². The standard InChI is InChI=1S/C5H15N3S/c6-1-2-8-3-5(7)4-9/h5,8-9H,1-4,6-7H2/t5-/m1/s1. The zero-order chi connectivity index (χ0) is 7.11. The molecule has 0 aromatic rings. The second-order valence-corrected chi connectivity index (χ2v) is 2.30. The lowest BCUT2D eigenvalue weighted by Crippen LogP contribution is -2.37. The Balaban J connectivity index is 2.88. The predicted octanol–water partition coefficient (Wildman–Crippen LogP) is -1.21. The molecule has 0 spiro atoms. The van der Waals surface area contributed by atoms with Crippen molar-refractivity contribution in [3.8, 4) is 0 Å². The van der Waals surface area contributed by atoms with Gasteiger partial charge in [-0.05, 0) is 0 Å². The van der Waals surface area contributed by atoms with Gasteiger partial charge >= 0.3 is 0 Å². The molecular formula is C5H15N3S. The molecule has 0 rings (SSSR count). The lowest BCUT2D eigenvalue weighted by molar-refractivity contribution is 0.619. The molecule has 0 saturated heterocycles. The van der Waals surface area contributed by atoms with Crippen LogP contribution in [0.5, 0.6) is 0 Å². The summed E-state index contributed by atoms with van der Waals surface area (Å²) in [5.41, 5.74) is 10.8.